The van der Waals surface area contributed by atoms with Gasteiger partial charge in [-0.2, -0.15) is 5.10 Å². The number of Topliss-reactive ketones (excluding diaryl/α,β-unsaturated/α-hetero) is 1. The maximum atomic E-state index is 12.6. The number of ether oxygens (including phenoxy) is 1. The first kappa shape index (κ1) is 19.3. The molecule has 0 radical (unpaired) electrons. The molecule has 142 valence electrons. The molecule has 0 saturated heterocycles. The highest BCUT2D eigenvalue weighted by Gasteiger charge is 2.32. The number of benzene rings is 2. The van der Waals surface area contributed by atoms with Crippen LogP contribution in [0.1, 0.15) is 45.4 Å². The van der Waals surface area contributed by atoms with Crippen molar-refractivity contribution in [2.45, 2.75) is 52.9 Å². The highest BCUT2D eigenvalue weighted by atomic mass is 16.5. The number of para-hydroxylation sites is 1. The first-order chi connectivity index (χ1) is 12.9. The number of aromatic nitrogens is 2. The molecule has 0 spiro atoms. The summed E-state index contributed by atoms with van der Waals surface area (Å²) in [7, 11) is 0. The van der Waals surface area contributed by atoms with Crippen LogP contribution in [0.25, 0.3) is 10.9 Å². The lowest BCUT2D eigenvalue weighted by Gasteiger charge is -2.26. The zero-order valence-corrected chi connectivity index (χ0v) is 16.6. The topological polar surface area (TPSA) is 44.1 Å². The maximum Gasteiger partial charge on any atom is 0.166 e. The molecule has 0 aliphatic rings. The van der Waals surface area contributed by atoms with Crippen molar-refractivity contribution in [1.82, 2.24) is 9.78 Å². The number of ketones is 1. The summed E-state index contributed by atoms with van der Waals surface area (Å²) in [5, 5.41) is 5.86. The molecule has 1 atom stereocenters. The van der Waals surface area contributed by atoms with Crippen LogP contribution in [0.3, 0.4) is 0 Å². The number of hydrogen-bond donors (Lipinski definition) is 0. The summed E-state index contributed by atoms with van der Waals surface area (Å²) in [6, 6.07) is 18.4. The molecule has 0 fully saturated rings. The minimum Gasteiger partial charge on any atom is -0.361 e. The summed E-state index contributed by atoms with van der Waals surface area (Å²) in [6.45, 7) is 8.71. The first-order valence-corrected chi connectivity index (χ1v) is 9.59. The van der Waals surface area contributed by atoms with Crippen molar-refractivity contribution in [3.8, 4) is 0 Å². The van der Waals surface area contributed by atoms with E-state index in [0.29, 0.717) is 13.2 Å². The van der Waals surface area contributed by atoms with Gasteiger partial charge in [0.15, 0.2) is 5.78 Å². The predicted octanol–water partition coefficient (Wildman–Crippen LogP) is 5.00. The van der Waals surface area contributed by atoms with Gasteiger partial charge in [0, 0.05) is 11.3 Å². The van der Waals surface area contributed by atoms with Crippen molar-refractivity contribution >= 4 is 16.7 Å². The number of nitrogens with zero attached hydrogens (tertiary/aromatic N) is 2. The Morgan fingerprint density at radius 1 is 1.11 bits per heavy atom. The number of hydrogen-bond acceptors (Lipinski definition) is 3. The van der Waals surface area contributed by atoms with E-state index in [1.807, 2.05) is 62.7 Å². The molecule has 0 N–H and O–H groups in total. The number of fused-ring (bicyclic) bond motifs is 1. The van der Waals surface area contributed by atoms with Crippen LogP contribution in [0.5, 0.6) is 0 Å². The van der Waals surface area contributed by atoms with E-state index in [2.05, 4.69) is 24.3 Å². The van der Waals surface area contributed by atoms with Gasteiger partial charge in [-0.3, -0.25) is 9.48 Å². The van der Waals surface area contributed by atoms with Crippen LogP contribution in [-0.4, -0.2) is 21.2 Å². The highest BCUT2D eigenvalue weighted by Crippen LogP contribution is 2.24. The molecule has 4 heteroatoms. The third-order valence-electron chi connectivity index (χ3n) is 5.13. The molecule has 0 saturated carbocycles. The Balaban J connectivity index is 1.84. The smallest absolute Gasteiger partial charge is 0.166 e. The van der Waals surface area contributed by atoms with Crippen molar-refractivity contribution in [2.24, 2.45) is 5.92 Å². The fourth-order valence-electron chi connectivity index (χ4n) is 3.28. The highest BCUT2D eigenvalue weighted by molar-refractivity contribution is 5.88. The quantitative estimate of drug-likeness (QED) is 0.565. The van der Waals surface area contributed by atoms with Crippen molar-refractivity contribution in [2.75, 3.05) is 0 Å². The molecule has 0 aliphatic heterocycles. The van der Waals surface area contributed by atoms with E-state index in [-0.39, 0.29) is 11.7 Å². The van der Waals surface area contributed by atoms with E-state index in [0.717, 1.165) is 23.0 Å². The summed E-state index contributed by atoms with van der Waals surface area (Å²) < 4.78 is 8.05. The molecule has 0 bridgehead atoms. The second-order valence-corrected chi connectivity index (χ2v) is 7.58. The van der Waals surface area contributed by atoms with Gasteiger partial charge in [-0.05, 0) is 31.9 Å². The molecule has 27 heavy (non-hydrogen) atoms. The van der Waals surface area contributed by atoms with Gasteiger partial charge in [0.25, 0.3) is 0 Å². The molecule has 3 aromatic rings. The van der Waals surface area contributed by atoms with E-state index >= 15 is 0 Å². The Morgan fingerprint density at radius 3 is 2.48 bits per heavy atom. The lowest BCUT2D eigenvalue weighted by atomic mass is 9.91. The monoisotopic (exact) mass is 364 g/mol. The van der Waals surface area contributed by atoms with E-state index in [4.69, 9.17) is 9.84 Å². The summed E-state index contributed by atoms with van der Waals surface area (Å²) in [6.07, 6.45) is 0.820. The Labute approximate surface area is 161 Å². The number of rotatable bonds is 8. The van der Waals surface area contributed by atoms with Crippen LogP contribution in [0.2, 0.25) is 0 Å². The van der Waals surface area contributed by atoms with Gasteiger partial charge in [0.05, 0.1) is 24.4 Å². The summed E-state index contributed by atoms with van der Waals surface area (Å²) in [5.74, 6) is 0.130. The Hall–Kier alpha value is -2.46. The minimum atomic E-state index is -0.820. The summed E-state index contributed by atoms with van der Waals surface area (Å²) in [5.41, 5.74) is 2.32. The average molecular weight is 364 g/mol. The Kier molecular flexibility index (Phi) is 5.76. The largest absolute Gasteiger partial charge is 0.361 e. The molecule has 1 unspecified atom stereocenters. The molecule has 1 aromatic heterocycles. The Bertz CT molecular complexity index is 913. The summed E-state index contributed by atoms with van der Waals surface area (Å²) >= 11 is 0. The van der Waals surface area contributed by atoms with Crippen LogP contribution in [0, 0.1) is 5.92 Å². The van der Waals surface area contributed by atoms with Crippen LogP contribution >= 0.6 is 0 Å². The molecule has 1 heterocycles. The van der Waals surface area contributed by atoms with Crippen molar-refractivity contribution in [1.29, 1.82) is 0 Å². The van der Waals surface area contributed by atoms with E-state index in [1.54, 1.807) is 0 Å². The van der Waals surface area contributed by atoms with Crippen molar-refractivity contribution < 1.29 is 9.53 Å². The van der Waals surface area contributed by atoms with Gasteiger partial charge in [-0.25, -0.2) is 0 Å². The molecular weight excluding hydrogens is 336 g/mol. The van der Waals surface area contributed by atoms with E-state index in [1.165, 1.54) is 5.56 Å². The van der Waals surface area contributed by atoms with Gasteiger partial charge in [0.1, 0.15) is 5.60 Å². The van der Waals surface area contributed by atoms with Crippen LogP contribution in [0.4, 0.5) is 0 Å². The molecule has 4 nitrogen and oxygen atoms in total. The van der Waals surface area contributed by atoms with Gasteiger partial charge in [-0.15, -0.1) is 0 Å². The van der Waals surface area contributed by atoms with E-state index in [9.17, 15) is 4.79 Å². The van der Waals surface area contributed by atoms with Gasteiger partial charge >= 0.3 is 0 Å². The maximum absolute atomic E-state index is 12.6. The third-order valence-corrected chi connectivity index (χ3v) is 5.13. The fraction of sp³-hybridized carbons (Fsp3) is 0.391. The Morgan fingerprint density at radius 2 is 1.78 bits per heavy atom. The van der Waals surface area contributed by atoms with Crippen molar-refractivity contribution in [3.63, 3.8) is 0 Å². The zero-order valence-electron chi connectivity index (χ0n) is 16.6. The lowest BCUT2D eigenvalue weighted by Crippen LogP contribution is -2.38. The van der Waals surface area contributed by atoms with Gasteiger partial charge < -0.3 is 4.74 Å². The first-order valence-electron chi connectivity index (χ1n) is 9.59. The fourth-order valence-corrected chi connectivity index (χ4v) is 3.28. The third kappa shape index (κ3) is 4.28. The molecule has 0 amide bonds. The second kappa shape index (κ2) is 8.05. The van der Waals surface area contributed by atoms with Crippen LogP contribution in [-0.2, 0) is 22.7 Å². The van der Waals surface area contributed by atoms with Crippen molar-refractivity contribution in [3.05, 3.63) is 65.9 Å². The van der Waals surface area contributed by atoms with Crippen LogP contribution < -0.4 is 0 Å². The number of carbonyl (C=O) groups excluding carboxylic acids is 1. The lowest BCUT2D eigenvalue weighted by molar-refractivity contribution is -0.145. The SMILES string of the molecule is CCC(C)C(=O)C(C)(C)OCc1nn(Cc2ccccc2)c2ccccc12. The molecule has 0 aliphatic carbocycles. The second-order valence-electron chi connectivity index (χ2n) is 7.58. The van der Waals surface area contributed by atoms with Crippen LogP contribution in [0.15, 0.2) is 54.6 Å². The predicted molar refractivity (Wildman–Crippen MR) is 109 cm³/mol. The summed E-state index contributed by atoms with van der Waals surface area (Å²) in [4.78, 5) is 12.6. The van der Waals surface area contributed by atoms with Gasteiger partial charge in [0.2, 0.25) is 0 Å². The average Bonchev–Trinajstić information content (AvgIpc) is 3.04. The molecule has 3 rings (SSSR count). The normalized spacial score (nSPS) is 13.0. The standard InChI is InChI=1S/C23H28N2O2/c1-5-17(2)22(26)23(3,4)27-16-20-19-13-9-10-14-21(19)25(24-20)15-18-11-7-6-8-12-18/h6-14,17H,5,15-16H2,1-4H3. The van der Waals surface area contributed by atoms with E-state index < -0.39 is 5.60 Å². The minimum absolute atomic E-state index is 0.00705. The number of carbonyl (C=O) groups is 1. The molecular formula is C23H28N2O2. The zero-order chi connectivity index (χ0) is 19.4. The molecule has 2 aromatic carbocycles. The van der Waals surface area contributed by atoms with Gasteiger partial charge in [-0.1, -0.05) is 62.4 Å².